The Morgan fingerprint density at radius 1 is 1.09 bits per heavy atom. The van der Waals surface area contributed by atoms with Gasteiger partial charge in [0.15, 0.2) is 0 Å². The first-order chi connectivity index (χ1) is 11.1. The van der Waals surface area contributed by atoms with Crippen LogP contribution in [-0.4, -0.2) is 31.8 Å². The molecule has 0 atom stereocenters. The van der Waals surface area contributed by atoms with Gasteiger partial charge < -0.3 is 14.8 Å². The fraction of sp³-hybridized carbons (Fsp3) is 0.176. The van der Waals surface area contributed by atoms with Crippen LogP contribution in [0.2, 0.25) is 0 Å². The number of amides is 1. The number of benzene rings is 2. The number of thioether (sulfide) groups is 1. The molecule has 1 N–H and O–H groups in total. The second kappa shape index (κ2) is 8.24. The van der Waals surface area contributed by atoms with Crippen LogP contribution < -0.4 is 10.1 Å². The Morgan fingerprint density at radius 3 is 2.48 bits per heavy atom. The number of hydrogen-bond acceptors (Lipinski definition) is 5. The van der Waals surface area contributed by atoms with Gasteiger partial charge in [0.25, 0.3) is 0 Å². The largest absolute Gasteiger partial charge is 0.497 e. The second-order valence-corrected chi connectivity index (χ2v) is 5.63. The van der Waals surface area contributed by atoms with Gasteiger partial charge >= 0.3 is 5.97 Å². The van der Waals surface area contributed by atoms with E-state index in [9.17, 15) is 9.59 Å². The minimum Gasteiger partial charge on any atom is -0.497 e. The number of carbonyl (C=O) groups is 2. The van der Waals surface area contributed by atoms with E-state index in [1.165, 1.54) is 18.9 Å². The van der Waals surface area contributed by atoms with Gasteiger partial charge in [0.1, 0.15) is 5.75 Å². The van der Waals surface area contributed by atoms with Crippen LogP contribution in [0.5, 0.6) is 5.75 Å². The van der Waals surface area contributed by atoms with Gasteiger partial charge in [-0.15, -0.1) is 11.8 Å². The van der Waals surface area contributed by atoms with Crippen molar-refractivity contribution in [1.29, 1.82) is 0 Å². The molecule has 1 amide bonds. The van der Waals surface area contributed by atoms with E-state index < -0.39 is 5.97 Å². The molecule has 0 saturated carbocycles. The molecule has 2 aromatic rings. The maximum absolute atomic E-state index is 12.0. The summed E-state index contributed by atoms with van der Waals surface area (Å²) in [6.45, 7) is 0. The minimum atomic E-state index is -0.436. The lowest BCUT2D eigenvalue weighted by Gasteiger charge is -2.07. The zero-order valence-electron chi connectivity index (χ0n) is 12.9. The molecule has 120 valence electrons. The van der Waals surface area contributed by atoms with Crippen LogP contribution in [0.25, 0.3) is 0 Å². The average molecular weight is 331 g/mol. The molecule has 0 saturated heterocycles. The Kier molecular flexibility index (Phi) is 6.05. The predicted octanol–water partition coefficient (Wildman–Crippen LogP) is 3.21. The third-order valence-corrected chi connectivity index (χ3v) is 4.01. The van der Waals surface area contributed by atoms with E-state index in [-0.39, 0.29) is 11.7 Å². The molecule has 5 nitrogen and oxygen atoms in total. The van der Waals surface area contributed by atoms with Crippen molar-refractivity contribution in [3.05, 3.63) is 54.1 Å². The maximum Gasteiger partial charge on any atom is 0.337 e. The Bertz CT molecular complexity index is 685. The molecule has 0 aromatic heterocycles. The number of rotatable bonds is 6. The van der Waals surface area contributed by atoms with E-state index >= 15 is 0 Å². The monoisotopic (exact) mass is 331 g/mol. The molecule has 0 unspecified atom stereocenters. The smallest absolute Gasteiger partial charge is 0.337 e. The van der Waals surface area contributed by atoms with Crippen molar-refractivity contribution in [2.75, 3.05) is 25.3 Å². The summed E-state index contributed by atoms with van der Waals surface area (Å²) in [4.78, 5) is 24.4. The van der Waals surface area contributed by atoms with E-state index in [1.54, 1.807) is 31.4 Å². The Labute approximate surface area is 139 Å². The number of anilines is 1. The predicted molar refractivity (Wildman–Crippen MR) is 90.1 cm³/mol. The van der Waals surface area contributed by atoms with E-state index in [0.717, 1.165) is 10.6 Å². The third-order valence-electron chi connectivity index (χ3n) is 3.00. The number of carbonyl (C=O) groups excluding carboxylic acids is 2. The minimum absolute atomic E-state index is 0.146. The molecule has 2 aromatic carbocycles. The number of nitrogens with one attached hydrogen (secondary N) is 1. The fourth-order valence-electron chi connectivity index (χ4n) is 1.86. The summed E-state index contributed by atoms with van der Waals surface area (Å²) >= 11 is 1.42. The van der Waals surface area contributed by atoms with Crippen molar-refractivity contribution < 1.29 is 19.1 Å². The van der Waals surface area contributed by atoms with E-state index in [2.05, 4.69) is 10.1 Å². The lowest BCUT2D eigenvalue weighted by molar-refractivity contribution is -0.113. The SMILES string of the molecule is COC(=O)c1cccc(NC(=O)CSc2ccc(OC)cc2)c1. The molecule has 2 rings (SSSR count). The van der Waals surface area contributed by atoms with Gasteiger partial charge in [-0.25, -0.2) is 4.79 Å². The molecular weight excluding hydrogens is 314 g/mol. The van der Waals surface area contributed by atoms with Gasteiger partial charge in [-0.05, 0) is 42.5 Å². The quantitative estimate of drug-likeness (QED) is 0.650. The summed E-state index contributed by atoms with van der Waals surface area (Å²) < 4.78 is 9.74. The summed E-state index contributed by atoms with van der Waals surface area (Å²) in [6.07, 6.45) is 0. The van der Waals surface area contributed by atoms with E-state index in [4.69, 9.17) is 4.74 Å². The molecular formula is C17H17NO4S. The van der Waals surface area contributed by atoms with Gasteiger partial charge in [-0.3, -0.25) is 4.79 Å². The summed E-state index contributed by atoms with van der Waals surface area (Å²) in [5.41, 5.74) is 0.960. The molecule has 0 aliphatic rings. The van der Waals surface area contributed by atoms with Crippen LogP contribution in [0.1, 0.15) is 10.4 Å². The number of methoxy groups -OCH3 is 2. The summed E-state index contributed by atoms with van der Waals surface area (Å²) in [5.74, 6) is 0.467. The number of esters is 1. The molecule has 0 fully saturated rings. The Hall–Kier alpha value is -2.47. The highest BCUT2D eigenvalue weighted by atomic mass is 32.2. The molecule has 0 radical (unpaired) electrons. The van der Waals surface area contributed by atoms with Crippen molar-refractivity contribution in [3.8, 4) is 5.75 Å². The highest BCUT2D eigenvalue weighted by molar-refractivity contribution is 8.00. The van der Waals surface area contributed by atoms with Crippen LogP contribution >= 0.6 is 11.8 Å². The highest BCUT2D eigenvalue weighted by Gasteiger charge is 2.08. The van der Waals surface area contributed by atoms with Crippen LogP contribution in [0.3, 0.4) is 0 Å². The van der Waals surface area contributed by atoms with Crippen molar-refractivity contribution in [2.45, 2.75) is 4.90 Å². The van der Waals surface area contributed by atoms with Crippen molar-refractivity contribution in [3.63, 3.8) is 0 Å². The maximum atomic E-state index is 12.0. The summed E-state index contributed by atoms with van der Waals surface area (Å²) in [6, 6.07) is 14.1. The van der Waals surface area contributed by atoms with Gasteiger partial charge in [-0.2, -0.15) is 0 Å². The fourth-order valence-corrected chi connectivity index (χ4v) is 2.56. The van der Waals surface area contributed by atoms with Crippen LogP contribution in [0, 0.1) is 0 Å². The van der Waals surface area contributed by atoms with Crippen molar-refractivity contribution in [1.82, 2.24) is 0 Å². The van der Waals surface area contributed by atoms with E-state index in [0.29, 0.717) is 11.3 Å². The number of hydrogen-bond donors (Lipinski definition) is 1. The molecule has 23 heavy (non-hydrogen) atoms. The molecule has 0 aliphatic heterocycles. The third kappa shape index (κ3) is 5.03. The highest BCUT2D eigenvalue weighted by Crippen LogP contribution is 2.21. The van der Waals surface area contributed by atoms with Crippen LogP contribution in [-0.2, 0) is 9.53 Å². The lowest BCUT2D eigenvalue weighted by atomic mass is 10.2. The van der Waals surface area contributed by atoms with Gasteiger partial charge in [0, 0.05) is 10.6 Å². The Balaban J connectivity index is 1.90. The molecule has 0 heterocycles. The van der Waals surface area contributed by atoms with Crippen molar-refractivity contribution in [2.24, 2.45) is 0 Å². The molecule has 0 bridgehead atoms. The van der Waals surface area contributed by atoms with Crippen LogP contribution in [0.15, 0.2) is 53.4 Å². The molecule has 6 heteroatoms. The van der Waals surface area contributed by atoms with Gasteiger partial charge in [-0.1, -0.05) is 6.07 Å². The second-order valence-electron chi connectivity index (χ2n) is 4.58. The van der Waals surface area contributed by atoms with Crippen molar-refractivity contribution >= 4 is 29.3 Å². The first kappa shape index (κ1) is 16.9. The molecule has 0 spiro atoms. The normalized spacial score (nSPS) is 10.0. The van der Waals surface area contributed by atoms with Gasteiger partial charge in [0.05, 0.1) is 25.5 Å². The van der Waals surface area contributed by atoms with Gasteiger partial charge in [0.2, 0.25) is 5.91 Å². The lowest BCUT2D eigenvalue weighted by Crippen LogP contribution is -2.14. The standard InChI is InChI=1S/C17H17NO4S/c1-21-14-6-8-15(9-7-14)23-11-16(19)18-13-5-3-4-12(10-13)17(20)22-2/h3-10H,11H2,1-2H3,(H,18,19). The van der Waals surface area contributed by atoms with E-state index in [1.807, 2.05) is 24.3 Å². The number of ether oxygens (including phenoxy) is 2. The molecule has 0 aliphatic carbocycles. The zero-order valence-corrected chi connectivity index (χ0v) is 13.7. The topological polar surface area (TPSA) is 64.6 Å². The van der Waals surface area contributed by atoms with Crippen LogP contribution in [0.4, 0.5) is 5.69 Å². The summed E-state index contributed by atoms with van der Waals surface area (Å²) in [7, 11) is 2.93. The first-order valence-electron chi connectivity index (χ1n) is 6.87. The first-order valence-corrected chi connectivity index (χ1v) is 7.86. The average Bonchev–Trinajstić information content (AvgIpc) is 2.60. The summed E-state index contributed by atoms with van der Waals surface area (Å²) in [5, 5.41) is 2.76. The Morgan fingerprint density at radius 2 is 1.83 bits per heavy atom. The zero-order chi connectivity index (χ0) is 16.7.